The Morgan fingerprint density at radius 1 is 1.31 bits per heavy atom. The molecule has 0 aliphatic heterocycles. The van der Waals surface area contributed by atoms with Crippen molar-refractivity contribution in [1.29, 1.82) is 0 Å². The van der Waals surface area contributed by atoms with Crippen molar-refractivity contribution in [2.75, 3.05) is 6.54 Å². The highest BCUT2D eigenvalue weighted by Gasteiger charge is 2.24. The Morgan fingerprint density at radius 3 is 2.44 bits per heavy atom. The summed E-state index contributed by atoms with van der Waals surface area (Å²) in [6.45, 7) is 10.7. The molecule has 2 N–H and O–H groups in total. The van der Waals surface area contributed by atoms with Crippen molar-refractivity contribution < 1.29 is 5.11 Å². The van der Waals surface area contributed by atoms with Crippen molar-refractivity contribution >= 4 is 0 Å². The molecule has 2 nitrogen and oxygen atoms in total. The largest absolute Gasteiger partial charge is 0.384 e. The minimum absolute atomic E-state index is 0.386. The van der Waals surface area contributed by atoms with Crippen molar-refractivity contribution in [2.24, 2.45) is 0 Å². The van der Waals surface area contributed by atoms with Gasteiger partial charge in [0.2, 0.25) is 0 Å². The average Bonchev–Trinajstić information content (AvgIpc) is 2.14. The lowest BCUT2D eigenvalue weighted by Crippen LogP contribution is -2.39. The first-order valence-electron chi connectivity index (χ1n) is 5.86. The van der Waals surface area contributed by atoms with Crippen molar-refractivity contribution in [1.82, 2.24) is 5.32 Å². The molecule has 16 heavy (non-hydrogen) atoms. The summed E-state index contributed by atoms with van der Waals surface area (Å²) in [5.41, 5.74) is 2.58. The summed E-state index contributed by atoms with van der Waals surface area (Å²) in [7, 11) is 0. The predicted molar refractivity (Wildman–Crippen MR) is 68.6 cm³/mol. The molecule has 0 amide bonds. The second-order valence-corrected chi connectivity index (χ2v) is 5.13. The van der Waals surface area contributed by atoms with E-state index in [9.17, 15) is 5.11 Å². The number of hydrogen-bond acceptors (Lipinski definition) is 2. The molecule has 1 aromatic rings. The second kappa shape index (κ2) is 4.98. The van der Waals surface area contributed by atoms with Crippen LogP contribution in [0.4, 0.5) is 0 Å². The Labute approximate surface area is 98.7 Å². The molecule has 0 aliphatic carbocycles. The lowest BCUT2D eigenvalue weighted by molar-refractivity contribution is 0.0543. The van der Waals surface area contributed by atoms with Crippen LogP contribution in [0.2, 0.25) is 0 Å². The van der Waals surface area contributed by atoms with Gasteiger partial charge in [0.1, 0.15) is 0 Å². The third kappa shape index (κ3) is 3.32. The van der Waals surface area contributed by atoms with Crippen LogP contribution >= 0.6 is 0 Å². The van der Waals surface area contributed by atoms with Gasteiger partial charge < -0.3 is 10.4 Å². The van der Waals surface area contributed by atoms with Gasteiger partial charge in [0.05, 0.1) is 5.60 Å². The molecule has 2 heteroatoms. The molecule has 0 radical (unpaired) electrons. The normalized spacial score (nSPS) is 15.2. The topological polar surface area (TPSA) is 32.3 Å². The van der Waals surface area contributed by atoms with Crippen molar-refractivity contribution in [3.63, 3.8) is 0 Å². The summed E-state index contributed by atoms with van der Waals surface area (Å²) in [5.74, 6) is 0. The molecule has 90 valence electrons. The zero-order valence-corrected chi connectivity index (χ0v) is 11.0. The molecular weight excluding hydrogens is 198 g/mol. The number of benzene rings is 1. The first-order chi connectivity index (χ1) is 7.33. The number of aryl methyl sites for hydroxylation is 2. The van der Waals surface area contributed by atoms with Crippen molar-refractivity contribution in [3.05, 3.63) is 34.9 Å². The second-order valence-electron chi connectivity index (χ2n) is 5.13. The monoisotopic (exact) mass is 221 g/mol. The van der Waals surface area contributed by atoms with Gasteiger partial charge in [-0.2, -0.15) is 0 Å². The summed E-state index contributed by atoms with van der Waals surface area (Å²) < 4.78 is 0. The quantitative estimate of drug-likeness (QED) is 0.819. The Hall–Kier alpha value is -0.860. The van der Waals surface area contributed by atoms with E-state index in [0.717, 1.165) is 11.1 Å². The summed E-state index contributed by atoms with van der Waals surface area (Å²) in [4.78, 5) is 0. The van der Waals surface area contributed by atoms with Gasteiger partial charge >= 0.3 is 0 Å². The third-order valence-electron chi connectivity index (χ3n) is 2.82. The van der Waals surface area contributed by atoms with Crippen LogP contribution in [0, 0.1) is 13.8 Å². The fourth-order valence-electron chi connectivity index (χ4n) is 1.92. The van der Waals surface area contributed by atoms with E-state index in [0.29, 0.717) is 12.6 Å². The van der Waals surface area contributed by atoms with Crippen molar-refractivity contribution in [3.8, 4) is 0 Å². The van der Waals surface area contributed by atoms with Gasteiger partial charge in [-0.15, -0.1) is 0 Å². The number of aliphatic hydroxyl groups is 1. The van der Waals surface area contributed by atoms with Gasteiger partial charge in [-0.05, 0) is 31.9 Å². The molecular formula is C14H23NO. The molecule has 0 fully saturated rings. The van der Waals surface area contributed by atoms with Gasteiger partial charge in [-0.3, -0.25) is 0 Å². The maximum Gasteiger partial charge on any atom is 0.0994 e. The Bertz CT molecular complexity index is 356. The van der Waals surface area contributed by atoms with Crippen LogP contribution in [-0.2, 0) is 5.60 Å². The highest BCUT2D eigenvalue weighted by Crippen LogP contribution is 2.24. The van der Waals surface area contributed by atoms with Crippen LogP contribution in [0.15, 0.2) is 18.2 Å². The lowest BCUT2D eigenvalue weighted by Gasteiger charge is -2.27. The standard InChI is InChI=1S/C14H23NO/c1-10(2)15-9-14(5,16)13-7-6-11(3)8-12(13)4/h6-8,10,15-16H,9H2,1-5H3. The molecule has 0 aromatic heterocycles. The smallest absolute Gasteiger partial charge is 0.0994 e. The first-order valence-corrected chi connectivity index (χ1v) is 5.86. The van der Waals surface area contributed by atoms with Gasteiger partial charge in [0, 0.05) is 12.6 Å². The van der Waals surface area contributed by atoms with E-state index in [1.54, 1.807) is 0 Å². The minimum atomic E-state index is -0.804. The van der Waals surface area contributed by atoms with Gasteiger partial charge in [0.25, 0.3) is 0 Å². The Morgan fingerprint density at radius 2 is 1.94 bits per heavy atom. The van der Waals surface area contributed by atoms with E-state index in [4.69, 9.17) is 0 Å². The van der Waals surface area contributed by atoms with Gasteiger partial charge in [-0.25, -0.2) is 0 Å². The highest BCUT2D eigenvalue weighted by molar-refractivity contribution is 5.34. The van der Waals surface area contributed by atoms with E-state index < -0.39 is 5.60 Å². The van der Waals surface area contributed by atoms with E-state index in [-0.39, 0.29) is 0 Å². The molecule has 1 rings (SSSR count). The van der Waals surface area contributed by atoms with Crippen molar-refractivity contribution in [2.45, 2.75) is 46.3 Å². The molecule has 0 aliphatic rings. The van der Waals surface area contributed by atoms with Crippen LogP contribution in [0.3, 0.4) is 0 Å². The Kier molecular flexibility index (Phi) is 4.11. The fourth-order valence-corrected chi connectivity index (χ4v) is 1.92. The summed E-state index contributed by atoms with van der Waals surface area (Å²) in [6.07, 6.45) is 0. The van der Waals surface area contributed by atoms with E-state index in [1.807, 2.05) is 26.0 Å². The highest BCUT2D eigenvalue weighted by atomic mass is 16.3. The zero-order valence-electron chi connectivity index (χ0n) is 11.0. The van der Waals surface area contributed by atoms with Crippen LogP contribution in [-0.4, -0.2) is 17.7 Å². The molecule has 0 spiro atoms. The maximum atomic E-state index is 10.4. The lowest BCUT2D eigenvalue weighted by atomic mass is 9.91. The van der Waals surface area contributed by atoms with Gasteiger partial charge in [0.15, 0.2) is 0 Å². The summed E-state index contributed by atoms with van der Waals surface area (Å²) in [6, 6.07) is 6.56. The number of nitrogens with one attached hydrogen (secondary N) is 1. The maximum absolute atomic E-state index is 10.4. The third-order valence-corrected chi connectivity index (χ3v) is 2.82. The molecule has 0 heterocycles. The van der Waals surface area contributed by atoms with E-state index in [2.05, 4.69) is 32.2 Å². The summed E-state index contributed by atoms with van der Waals surface area (Å²) in [5, 5.41) is 13.7. The summed E-state index contributed by atoms with van der Waals surface area (Å²) >= 11 is 0. The van der Waals surface area contributed by atoms with Gasteiger partial charge in [-0.1, -0.05) is 37.6 Å². The first kappa shape index (κ1) is 13.2. The SMILES string of the molecule is Cc1ccc(C(C)(O)CNC(C)C)c(C)c1. The van der Waals surface area contributed by atoms with Crippen LogP contribution in [0.25, 0.3) is 0 Å². The molecule has 1 atom stereocenters. The van der Waals surface area contributed by atoms with E-state index >= 15 is 0 Å². The van der Waals surface area contributed by atoms with E-state index in [1.165, 1.54) is 5.56 Å². The van der Waals surface area contributed by atoms with Crippen LogP contribution in [0.5, 0.6) is 0 Å². The number of rotatable bonds is 4. The van der Waals surface area contributed by atoms with Crippen LogP contribution < -0.4 is 5.32 Å². The molecule has 0 saturated carbocycles. The molecule has 0 saturated heterocycles. The Balaban J connectivity index is 2.88. The fraction of sp³-hybridized carbons (Fsp3) is 0.571. The minimum Gasteiger partial charge on any atom is -0.384 e. The zero-order chi connectivity index (χ0) is 12.3. The average molecular weight is 221 g/mol. The molecule has 1 aromatic carbocycles. The molecule has 0 bridgehead atoms. The molecule has 1 unspecified atom stereocenters. The predicted octanol–water partition coefficient (Wildman–Crippen LogP) is 2.51. The van der Waals surface area contributed by atoms with Crippen LogP contribution in [0.1, 0.15) is 37.5 Å². The number of hydrogen-bond donors (Lipinski definition) is 2.